The van der Waals surface area contributed by atoms with Crippen molar-refractivity contribution in [2.45, 2.75) is 13.3 Å². The molecular weight excluding hydrogens is 294 g/mol. The van der Waals surface area contributed by atoms with Crippen LogP contribution in [0, 0.1) is 10.1 Å². The number of nitrogens with zero attached hydrogens (tertiary/aromatic N) is 2. The number of ether oxygens (including phenoxy) is 1. The fourth-order valence-electron chi connectivity index (χ4n) is 1.62. The molecule has 0 saturated heterocycles. The minimum absolute atomic E-state index is 0.0846. The first kappa shape index (κ1) is 15.1. The Bertz CT molecular complexity index is 649. The predicted octanol–water partition coefficient (Wildman–Crippen LogP) is 4.26. The lowest BCUT2D eigenvalue weighted by atomic mass is 10.3. The fraction of sp³-hybridized carbons (Fsp3) is 0.214. The minimum atomic E-state index is -0.511. The Balaban J connectivity index is 2.16. The second-order valence-corrected chi connectivity index (χ2v) is 4.67. The lowest BCUT2D eigenvalue weighted by molar-refractivity contribution is -0.384. The van der Waals surface area contributed by atoms with E-state index in [0.717, 1.165) is 13.0 Å². The maximum atomic E-state index is 10.7. The third-order valence-electron chi connectivity index (χ3n) is 2.62. The summed E-state index contributed by atoms with van der Waals surface area (Å²) < 4.78 is 5.56. The quantitative estimate of drug-likeness (QED) is 0.637. The number of nitro benzene ring substituents is 1. The zero-order chi connectivity index (χ0) is 15.2. The first-order chi connectivity index (χ1) is 10.1. The number of anilines is 1. The molecule has 21 heavy (non-hydrogen) atoms. The number of nitrogens with one attached hydrogen (secondary N) is 1. The summed E-state index contributed by atoms with van der Waals surface area (Å²) in [5.74, 6) is 1.39. The van der Waals surface area contributed by atoms with Crippen LogP contribution in [0.5, 0.6) is 11.6 Å². The van der Waals surface area contributed by atoms with Crippen LogP contribution in [0.25, 0.3) is 0 Å². The van der Waals surface area contributed by atoms with Gasteiger partial charge in [0.1, 0.15) is 11.6 Å². The number of halogens is 1. The number of rotatable bonds is 6. The van der Waals surface area contributed by atoms with Gasteiger partial charge in [-0.15, -0.1) is 0 Å². The molecule has 0 aliphatic heterocycles. The molecule has 0 spiro atoms. The van der Waals surface area contributed by atoms with Crippen molar-refractivity contribution in [3.05, 3.63) is 51.5 Å². The van der Waals surface area contributed by atoms with Crippen molar-refractivity contribution >= 4 is 23.1 Å². The Hall–Kier alpha value is -2.34. The van der Waals surface area contributed by atoms with Crippen LogP contribution in [-0.4, -0.2) is 16.5 Å². The van der Waals surface area contributed by atoms with Gasteiger partial charge in [0.2, 0.25) is 5.88 Å². The SMILES string of the molecule is CCCNc1cccc(Oc2ccc([N+](=O)[O-])cc2Cl)n1. The molecule has 0 aliphatic carbocycles. The molecule has 1 N–H and O–H groups in total. The van der Waals surface area contributed by atoms with E-state index in [4.69, 9.17) is 16.3 Å². The highest BCUT2D eigenvalue weighted by Crippen LogP contribution is 2.31. The number of non-ortho nitro benzene ring substituents is 1. The van der Waals surface area contributed by atoms with Gasteiger partial charge in [-0.25, -0.2) is 0 Å². The van der Waals surface area contributed by atoms with Crippen molar-refractivity contribution in [2.75, 3.05) is 11.9 Å². The highest BCUT2D eigenvalue weighted by molar-refractivity contribution is 6.32. The number of benzene rings is 1. The summed E-state index contributed by atoms with van der Waals surface area (Å²) in [6.07, 6.45) is 0.987. The number of pyridine rings is 1. The van der Waals surface area contributed by atoms with Crippen molar-refractivity contribution in [1.82, 2.24) is 4.98 Å². The van der Waals surface area contributed by atoms with Gasteiger partial charge in [-0.2, -0.15) is 4.98 Å². The lowest BCUT2D eigenvalue weighted by Gasteiger charge is -2.08. The van der Waals surface area contributed by atoms with Crippen molar-refractivity contribution in [3.63, 3.8) is 0 Å². The second kappa shape index (κ2) is 6.90. The van der Waals surface area contributed by atoms with Gasteiger partial charge in [-0.1, -0.05) is 24.6 Å². The summed E-state index contributed by atoms with van der Waals surface area (Å²) >= 11 is 5.97. The molecule has 2 aromatic rings. The summed E-state index contributed by atoms with van der Waals surface area (Å²) in [6.45, 7) is 2.87. The van der Waals surface area contributed by atoms with Crippen LogP contribution >= 0.6 is 11.6 Å². The van der Waals surface area contributed by atoms with E-state index >= 15 is 0 Å². The third kappa shape index (κ3) is 4.06. The average Bonchev–Trinajstić information content (AvgIpc) is 2.47. The normalized spacial score (nSPS) is 10.2. The molecule has 2 rings (SSSR count). The number of hydrogen-bond acceptors (Lipinski definition) is 5. The van der Waals surface area contributed by atoms with Crippen molar-refractivity contribution in [1.29, 1.82) is 0 Å². The zero-order valence-electron chi connectivity index (χ0n) is 11.4. The number of hydrogen-bond donors (Lipinski definition) is 1. The summed E-state index contributed by atoms with van der Waals surface area (Å²) in [4.78, 5) is 14.4. The highest BCUT2D eigenvalue weighted by Gasteiger charge is 2.11. The van der Waals surface area contributed by atoms with Crippen LogP contribution in [-0.2, 0) is 0 Å². The van der Waals surface area contributed by atoms with Gasteiger partial charge in [-0.05, 0) is 18.6 Å². The summed E-state index contributed by atoms with van der Waals surface area (Å²) in [5.41, 5.74) is -0.0846. The van der Waals surface area contributed by atoms with Crippen molar-refractivity contribution in [3.8, 4) is 11.6 Å². The first-order valence-electron chi connectivity index (χ1n) is 6.43. The predicted molar refractivity (Wildman–Crippen MR) is 81.2 cm³/mol. The molecule has 1 aromatic carbocycles. The Labute approximate surface area is 126 Å². The zero-order valence-corrected chi connectivity index (χ0v) is 12.1. The van der Waals surface area contributed by atoms with Crippen LogP contribution in [0.4, 0.5) is 11.5 Å². The molecule has 0 unspecified atom stereocenters. The molecule has 6 nitrogen and oxygen atoms in total. The fourth-order valence-corrected chi connectivity index (χ4v) is 1.84. The average molecular weight is 308 g/mol. The maximum absolute atomic E-state index is 10.7. The van der Waals surface area contributed by atoms with E-state index in [9.17, 15) is 10.1 Å². The van der Waals surface area contributed by atoms with E-state index in [1.54, 1.807) is 12.1 Å². The second-order valence-electron chi connectivity index (χ2n) is 4.26. The molecule has 0 aliphatic rings. The molecule has 0 bridgehead atoms. The van der Waals surface area contributed by atoms with Gasteiger partial charge in [0.05, 0.1) is 9.95 Å². The minimum Gasteiger partial charge on any atom is -0.437 e. The highest BCUT2D eigenvalue weighted by atomic mass is 35.5. The molecule has 110 valence electrons. The van der Waals surface area contributed by atoms with E-state index in [2.05, 4.69) is 17.2 Å². The van der Waals surface area contributed by atoms with Gasteiger partial charge in [0, 0.05) is 24.7 Å². The Kier molecular flexibility index (Phi) is 4.94. The maximum Gasteiger partial charge on any atom is 0.271 e. The third-order valence-corrected chi connectivity index (χ3v) is 2.92. The molecule has 1 aromatic heterocycles. The van der Waals surface area contributed by atoms with E-state index in [-0.39, 0.29) is 10.7 Å². The summed E-state index contributed by atoms with van der Waals surface area (Å²) in [5, 5.41) is 14.0. The summed E-state index contributed by atoms with van der Waals surface area (Å²) in [6, 6.07) is 9.36. The van der Waals surface area contributed by atoms with Crippen LogP contribution in [0.2, 0.25) is 5.02 Å². The Morgan fingerprint density at radius 2 is 2.19 bits per heavy atom. The van der Waals surface area contributed by atoms with Crippen LogP contribution in [0.3, 0.4) is 0 Å². The van der Waals surface area contributed by atoms with E-state index in [1.165, 1.54) is 18.2 Å². The van der Waals surface area contributed by atoms with E-state index < -0.39 is 4.92 Å². The van der Waals surface area contributed by atoms with Gasteiger partial charge in [0.25, 0.3) is 5.69 Å². The Morgan fingerprint density at radius 3 is 2.86 bits per heavy atom. The van der Waals surface area contributed by atoms with Crippen molar-refractivity contribution in [2.24, 2.45) is 0 Å². The van der Waals surface area contributed by atoms with Crippen LogP contribution in [0.15, 0.2) is 36.4 Å². The van der Waals surface area contributed by atoms with Gasteiger partial charge in [-0.3, -0.25) is 10.1 Å². The molecule has 0 amide bonds. The molecule has 0 fully saturated rings. The molecule has 0 saturated carbocycles. The standard InChI is InChI=1S/C14H14ClN3O3/c1-2-8-16-13-4-3-5-14(17-13)21-12-7-6-10(18(19)20)9-11(12)15/h3-7,9H,2,8H2,1H3,(H,16,17). The molecule has 1 heterocycles. The molecule has 0 atom stereocenters. The molecular formula is C14H14ClN3O3. The number of nitro groups is 1. The Morgan fingerprint density at radius 1 is 1.38 bits per heavy atom. The largest absolute Gasteiger partial charge is 0.437 e. The van der Waals surface area contributed by atoms with Gasteiger partial charge in [0.15, 0.2) is 0 Å². The molecule has 0 radical (unpaired) electrons. The van der Waals surface area contributed by atoms with Gasteiger partial charge >= 0.3 is 0 Å². The lowest BCUT2D eigenvalue weighted by Crippen LogP contribution is -2.02. The van der Waals surface area contributed by atoms with E-state index in [0.29, 0.717) is 17.4 Å². The smallest absolute Gasteiger partial charge is 0.271 e. The molecule has 7 heteroatoms. The van der Waals surface area contributed by atoms with Gasteiger partial charge < -0.3 is 10.1 Å². The van der Waals surface area contributed by atoms with Crippen LogP contribution in [0.1, 0.15) is 13.3 Å². The van der Waals surface area contributed by atoms with Crippen molar-refractivity contribution < 1.29 is 9.66 Å². The summed E-state index contributed by atoms with van der Waals surface area (Å²) in [7, 11) is 0. The topological polar surface area (TPSA) is 77.3 Å². The van der Waals surface area contributed by atoms with E-state index in [1.807, 2.05) is 6.07 Å². The number of aromatic nitrogens is 1. The van der Waals surface area contributed by atoms with Crippen LogP contribution < -0.4 is 10.1 Å². The monoisotopic (exact) mass is 307 g/mol. The first-order valence-corrected chi connectivity index (χ1v) is 6.80.